The standard InChI is InChI=1S/C21H28N6S.HI/c1-15-7-9-18(10-8-15)16(2)12-22-21(23-13-19-6-5-11-28-19)24-14-20-26-25-17(3)27(20)4;/h5-11,16H,12-14H2,1-4H3,(H2,22,23,24);1H. The first-order chi connectivity index (χ1) is 13.5. The number of benzene rings is 1. The Hall–Kier alpha value is -1.94. The Morgan fingerprint density at radius 1 is 1.14 bits per heavy atom. The lowest BCUT2D eigenvalue weighted by Crippen LogP contribution is -2.38. The number of nitrogens with zero attached hydrogens (tertiary/aromatic N) is 4. The van der Waals surface area contributed by atoms with E-state index in [4.69, 9.17) is 4.99 Å². The van der Waals surface area contributed by atoms with E-state index in [1.165, 1.54) is 16.0 Å². The van der Waals surface area contributed by atoms with Crippen LogP contribution in [0.3, 0.4) is 0 Å². The average Bonchev–Trinajstić information content (AvgIpc) is 3.32. The number of thiophene rings is 1. The number of rotatable bonds is 7. The summed E-state index contributed by atoms with van der Waals surface area (Å²) in [4.78, 5) is 6.00. The van der Waals surface area contributed by atoms with Crippen LogP contribution >= 0.6 is 35.3 Å². The predicted octanol–water partition coefficient (Wildman–Crippen LogP) is 4.15. The number of halogens is 1. The maximum atomic E-state index is 4.72. The van der Waals surface area contributed by atoms with Gasteiger partial charge in [0.25, 0.3) is 0 Å². The molecule has 0 aliphatic carbocycles. The van der Waals surface area contributed by atoms with E-state index in [2.05, 4.69) is 76.5 Å². The van der Waals surface area contributed by atoms with Gasteiger partial charge in [-0.05, 0) is 36.8 Å². The number of hydrogen-bond donors (Lipinski definition) is 2. The van der Waals surface area contributed by atoms with Crippen molar-refractivity contribution < 1.29 is 0 Å². The SMILES string of the molecule is Cc1ccc(C(C)CNC(=NCc2nnc(C)n2C)NCc2cccs2)cc1.I. The molecule has 3 aromatic rings. The van der Waals surface area contributed by atoms with Crippen LogP contribution in [0.4, 0.5) is 0 Å². The molecule has 1 aromatic carbocycles. The Kier molecular flexibility index (Phi) is 9.09. The van der Waals surface area contributed by atoms with Gasteiger partial charge in [0.1, 0.15) is 12.4 Å². The van der Waals surface area contributed by atoms with E-state index in [1.54, 1.807) is 11.3 Å². The summed E-state index contributed by atoms with van der Waals surface area (Å²) in [5, 5.41) is 17.3. The van der Waals surface area contributed by atoms with Crippen molar-refractivity contribution in [3.8, 4) is 0 Å². The second kappa shape index (κ2) is 11.3. The van der Waals surface area contributed by atoms with Crippen LogP contribution in [0, 0.1) is 13.8 Å². The van der Waals surface area contributed by atoms with Crippen LogP contribution in [0.1, 0.15) is 40.5 Å². The summed E-state index contributed by atoms with van der Waals surface area (Å²) in [6.07, 6.45) is 0. The fourth-order valence-electron chi connectivity index (χ4n) is 2.76. The number of guanidine groups is 1. The van der Waals surface area contributed by atoms with Crippen molar-refractivity contribution in [3.05, 3.63) is 69.4 Å². The predicted molar refractivity (Wildman–Crippen MR) is 131 cm³/mol. The third-order valence-electron chi connectivity index (χ3n) is 4.79. The molecule has 0 spiro atoms. The number of aromatic nitrogens is 3. The van der Waals surface area contributed by atoms with Crippen molar-refractivity contribution in [1.29, 1.82) is 0 Å². The van der Waals surface area contributed by atoms with Gasteiger partial charge in [0.15, 0.2) is 11.8 Å². The van der Waals surface area contributed by atoms with E-state index in [9.17, 15) is 0 Å². The van der Waals surface area contributed by atoms with E-state index in [1.807, 2.05) is 18.5 Å². The van der Waals surface area contributed by atoms with Crippen molar-refractivity contribution in [2.24, 2.45) is 12.0 Å². The molecule has 2 heterocycles. The molecule has 29 heavy (non-hydrogen) atoms. The van der Waals surface area contributed by atoms with Crippen LogP contribution in [0.25, 0.3) is 0 Å². The molecular formula is C21H29IN6S. The van der Waals surface area contributed by atoms with E-state index in [-0.39, 0.29) is 24.0 Å². The topological polar surface area (TPSA) is 67.1 Å². The fourth-order valence-corrected chi connectivity index (χ4v) is 3.40. The van der Waals surface area contributed by atoms with Crippen molar-refractivity contribution in [3.63, 3.8) is 0 Å². The Bertz CT molecular complexity index is 902. The minimum absolute atomic E-state index is 0. The summed E-state index contributed by atoms with van der Waals surface area (Å²) in [6.45, 7) is 8.31. The monoisotopic (exact) mass is 524 g/mol. The first-order valence-corrected chi connectivity index (χ1v) is 10.4. The lowest BCUT2D eigenvalue weighted by atomic mass is 10.0. The van der Waals surface area contributed by atoms with Gasteiger partial charge in [-0.25, -0.2) is 4.99 Å². The van der Waals surface area contributed by atoms with Gasteiger partial charge >= 0.3 is 0 Å². The molecule has 0 bridgehead atoms. The van der Waals surface area contributed by atoms with Crippen molar-refractivity contribution in [2.45, 2.75) is 39.8 Å². The number of aryl methyl sites for hydroxylation is 2. The van der Waals surface area contributed by atoms with Gasteiger partial charge in [-0.2, -0.15) is 0 Å². The maximum Gasteiger partial charge on any atom is 0.192 e. The molecule has 0 amide bonds. The fraction of sp³-hybridized carbons (Fsp3) is 0.381. The van der Waals surface area contributed by atoms with E-state index in [0.717, 1.165) is 30.7 Å². The molecule has 6 nitrogen and oxygen atoms in total. The number of aliphatic imine (C=N–C) groups is 1. The Morgan fingerprint density at radius 3 is 2.52 bits per heavy atom. The normalized spacial score (nSPS) is 12.3. The lowest BCUT2D eigenvalue weighted by Gasteiger charge is -2.17. The first-order valence-electron chi connectivity index (χ1n) is 9.49. The van der Waals surface area contributed by atoms with E-state index < -0.39 is 0 Å². The highest BCUT2D eigenvalue weighted by Crippen LogP contribution is 2.15. The summed E-state index contributed by atoms with van der Waals surface area (Å²) < 4.78 is 1.97. The third kappa shape index (κ3) is 6.81. The Morgan fingerprint density at radius 2 is 1.90 bits per heavy atom. The zero-order valence-electron chi connectivity index (χ0n) is 17.3. The van der Waals surface area contributed by atoms with Crippen LogP contribution in [0.5, 0.6) is 0 Å². The third-order valence-corrected chi connectivity index (χ3v) is 5.67. The molecule has 1 unspecified atom stereocenters. The van der Waals surface area contributed by atoms with Crippen LogP contribution < -0.4 is 10.6 Å². The second-order valence-corrected chi connectivity index (χ2v) is 8.05. The highest BCUT2D eigenvalue weighted by Gasteiger charge is 2.09. The highest BCUT2D eigenvalue weighted by molar-refractivity contribution is 14.0. The zero-order chi connectivity index (χ0) is 19.9. The molecule has 0 radical (unpaired) electrons. The summed E-state index contributed by atoms with van der Waals surface area (Å²) in [6, 6.07) is 12.9. The lowest BCUT2D eigenvalue weighted by molar-refractivity contribution is 0.692. The molecule has 0 aliphatic heterocycles. The second-order valence-electron chi connectivity index (χ2n) is 7.01. The van der Waals surface area contributed by atoms with Gasteiger partial charge in [0.2, 0.25) is 0 Å². The molecule has 156 valence electrons. The van der Waals surface area contributed by atoms with Gasteiger partial charge < -0.3 is 15.2 Å². The summed E-state index contributed by atoms with van der Waals surface area (Å²) >= 11 is 1.74. The van der Waals surface area contributed by atoms with Gasteiger partial charge in [-0.15, -0.1) is 45.5 Å². The van der Waals surface area contributed by atoms with Crippen molar-refractivity contribution >= 4 is 41.3 Å². The molecular weight excluding hydrogens is 495 g/mol. The molecule has 2 N–H and O–H groups in total. The van der Waals surface area contributed by atoms with Crippen molar-refractivity contribution in [1.82, 2.24) is 25.4 Å². The Labute approximate surface area is 193 Å². The number of hydrogen-bond acceptors (Lipinski definition) is 4. The quantitative estimate of drug-likeness (QED) is 0.277. The Balaban J connectivity index is 0.00000300. The minimum Gasteiger partial charge on any atom is -0.356 e. The summed E-state index contributed by atoms with van der Waals surface area (Å²) in [7, 11) is 1.96. The molecule has 0 saturated carbocycles. The molecule has 0 fully saturated rings. The molecule has 1 atom stereocenters. The van der Waals surface area contributed by atoms with E-state index >= 15 is 0 Å². The molecule has 2 aromatic heterocycles. The molecule has 3 rings (SSSR count). The van der Waals surface area contributed by atoms with Gasteiger partial charge in [0, 0.05) is 18.5 Å². The number of nitrogens with one attached hydrogen (secondary N) is 2. The molecule has 8 heteroatoms. The maximum absolute atomic E-state index is 4.72. The van der Waals surface area contributed by atoms with Crippen molar-refractivity contribution in [2.75, 3.05) is 6.54 Å². The van der Waals surface area contributed by atoms with Gasteiger partial charge in [-0.3, -0.25) is 0 Å². The molecule has 0 aliphatic rings. The summed E-state index contributed by atoms with van der Waals surface area (Å²) in [5.74, 6) is 2.90. The zero-order valence-corrected chi connectivity index (χ0v) is 20.5. The van der Waals surface area contributed by atoms with Crippen LogP contribution in [-0.4, -0.2) is 27.3 Å². The minimum atomic E-state index is 0. The van der Waals surface area contributed by atoms with Gasteiger partial charge in [-0.1, -0.05) is 42.8 Å². The largest absolute Gasteiger partial charge is 0.356 e. The van der Waals surface area contributed by atoms with Crippen LogP contribution in [0.15, 0.2) is 46.8 Å². The van der Waals surface area contributed by atoms with Gasteiger partial charge in [0.05, 0.1) is 6.54 Å². The van der Waals surface area contributed by atoms with Crippen LogP contribution in [0.2, 0.25) is 0 Å². The smallest absolute Gasteiger partial charge is 0.192 e. The van der Waals surface area contributed by atoms with E-state index in [0.29, 0.717) is 12.5 Å². The molecule has 0 saturated heterocycles. The average molecular weight is 524 g/mol. The summed E-state index contributed by atoms with van der Waals surface area (Å²) in [5.41, 5.74) is 2.60. The first kappa shape index (κ1) is 23.3. The van der Waals surface area contributed by atoms with Crippen LogP contribution in [-0.2, 0) is 20.1 Å². The highest BCUT2D eigenvalue weighted by atomic mass is 127.